The van der Waals surface area contributed by atoms with Gasteiger partial charge in [0.15, 0.2) is 5.82 Å². The number of fused-ring (bicyclic) bond motifs is 1. The fraction of sp³-hybridized carbons (Fsp3) is 0.320. The summed E-state index contributed by atoms with van der Waals surface area (Å²) in [4.78, 5) is 20.2. The van der Waals surface area contributed by atoms with Crippen LogP contribution in [0.5, 0.6) is 5.88 Å². The molecule has 33 heavy (non-hydrogen) atoms. The number of aromatic nitrogens is 4. The van der Waals surface area contributed by atoms with E-state index >= 15 is 0 Å². The van der Waals surface area contributed by atoms with Crippen LogP contribution in [-0.2, 0) is 0 Å². The summed E-state index contributed by atoms with van der Waals surface area (Å²) in [5.74, 6) is 0.785. The maximum Gasteiger partial charge on any atom is 0.225 e. The van der Waals surface area contributed by atoms with Gasteiger partial charge in [-0.15, -0.1) is 0 Å². The van der Waals surface area contributed by atoms with Crippen LogP contribution in [0.4, 0.5) is 8.78 Å². The van der Waals surface area contributed by atoms with Gasteiger partial charge in [0.05, 0.1) is 29.2 Å². The Morgan fingerprint density at radius 1 is 1.18 bits per heavy atom. The van der Waals surface area contributed by atoms with Crippen LogP contribution in [-0.4, -0.2) is 58.3 Å². The normalized spacial score (nSPS) is 18.4. The molecule has 3 aromatic heterocycles. The predicted molar refractivity (Wildman–Crippen MR) is 123 cm³/mol. The number of hydrogen-bond donors (Lipinski definition) is 0. The second-order valence-corrected chi connectivity index (χ2v) is 8.56. The fourth-order valence-electron chi connectivity index (χ4n) is 3.81. The first-order valence-electron chi connectivity index (χ1n) is 11.0. The van der Waals surface area contributed by atoms with Crippen LogP contribution >= 0.6 is 0 Å². The van der Waals surface area contributed by atoms with Gasteiger partial charge < -0.3 is 9.64 Å². The number of rotatable bonds is 7. The second-order valence-electron chi connectivity index (χ2n) is 8.56. The Balaban J connectivity index is 1.57. The molecule has 1 fully saturated rings. The first-order valence-corrected chi connectivity index (χ1v) is 11.0. The van der Waals surface area contributed by atoms with Crippen LogP contribution in [0, 0.1) is 6.42 Å². The molecule has 1 atom stereocenters. The molecule has 0 aliphatic heterocycles. The van der Waals surface area contributed by atoms with E-state index in [1.807, 2.05) is 25.2 Å². The minimum Gasteiger partial charge on any atom is -0.476 e. The summed E-state index contributed by atoms with van der Waals surface area (Å²) >= 11 is 0. The van der Waals surface area contributed by atoms with Crippen molar-refractivity contribution >= 4 is 16.5 Å². The van der Waals surface area contributed by atoms with Crippen LogP contribution < -0.4 is 4.74 Å². The average molecular weight is 448 g/mol. The highest BCUT2D eigenvalue weighted by atomic mass is 19.1. The third-order valence-electron chi connectivity index (χ3n) is 5.70. The molecule has 1 radical (unpaired) electrons. The van der Waals surface area contributed by atoms with Gasteiger partial charge in [-0.1, -0.05) is 6.08 Å². The van der Waals surface area contributed by atoms with Gasteiger partial charge in [0.1, 0.15) is 18.6 Å². The van der Waals surface area contributed by atoms with Gasteiger partial charge in [-0.3, -0.25) is 9.97 Å². The van der Waals surface area contributed by atoms with Crippen molar-refractivity contribution < 1.29 is 13.5 Å². The van der Waals surface area contributed by atoms with E-state index in [1.165, 1.54) is 12.2 Å². The number of allylic oxidation sites excluding steroid dienone is 4. The maximum atomic E-state index is 14.4. The molecule has 1 unspecified atom stereocenters. The van der Waals surface area contributed by atoms with E-state index in [9.17, 15) is 8.78 Å². The van der Waals surface area contributed by atoms with E-state index in [0.717, 1.165) is 36.8 Å². The summed E-state index contributed by atoms with van der Waals surface area (Å²) in [6, 6.07) is 3.47. The number of pyridine rings is 2. The molecule has 1 saturated carbocycles. The lowest BCUT2D eigenvalue weighted by atomic mass is 10.0. The molecule has 0 spiro atoms. The standard InChI is InChI=1S/C25H24F2N5O/c1-32(2)9-10-33-25-23-19(15-3-4-15)13-28-14-22(23)30-24(31-25)16-7-8-29-21(11-16)18-6-5-17(26)12-20(18)27/h5-8,11-15,17H,3-4,9-10H2,1-2H3. The van der Waals surface area contributed by atoms with Crippen LogP contribution in [0.1, 0.15) is 30.0 Å². The molecule has 0 N–H and O–H groups in total. The van der Waals surface area contributed by atoms with Crippen LogP contribution in [0.15, 0.2) is 48.7 Å². The number of ether oxygens (including phenoxy) is 1. The summed E-state index contributed by atoms with van der Waals surface area (Å²) in [6.45, 7) is 1.23. The lowest BCUT2D eigenvalue weighted by Gasteiger charge is -2.15. The summed E-state index contributed by atoms with van der Waals surface area (Å²) < 4.78 is 33.9. The van der Waals surface area contributed by atoms with Crippen LogP contribution in [0.2, 0.25) is 0 Å². The Morgan fingerprint density at radius 2 is 2.03 bits per heavy atom. The van der Waals surface area contributed by atoms with E-state index in [1.54, 1.807) is 24.5 Å². The average Bonchev–Trinajstić information content (AvgIpc) is 3.64. The van der Waals surface area contributed by atoms with Gasteiger partial charge in [-0.2, -0.15) is 4.98 Å². The maximum absolute atomic E-state index is 14.4. The van der Waals surface area contributed by atoms with Gasteiger partial charge in [-0.05, 0) is 56.6 Å². The molecule has 0 aromatic carbocycles. The van der Waals surface area contributed by atoms with Crippen LogP contribution in [0.25, 0.3) is 27.9 Å². The molecule has 2 aliphatic carbocycles. The molecule has 3 heterocycles. The van der Waals surface area contributed by atoms with Crippen molar-refractivity contribution in [2.45, 2.75) is 24.9 Å². The molecular formula is C25H24F2N5O. The van der Waals surface area contributed by atoms with E-state index < -0.39 is 12.0 Å². The number of nitrogens with zero attached hydrogens (tertiary/aromatic N) is 5. The van der Waals surface area contributed by atoms with Crippen molar-refractivity contribution in [2.24, 2.45) is 0 Å². The minimum atomic E-state index is -1.43. The molecule has 3 aromatic rings. The zero-order valence-corrected chi connectivity index (χ0v) is 18.5. The topological polar surface area (TPSA) is 64.0 Å². The molecular weight excluding hydrogens is 424 g/mol. The number of hydrogen-bond acceptors (Lipinski definition) is 6. The summed E-state index contributed by atoms with van der Waals surface area (Å²) in [5, 5.41) is 0.900. The number of alkyl halides is 1. The third-order valence-corrected chi connectivity index (χ3v) is 5.70. The summed E-state index contributed by atoms with van der Waals surface area (Å²) in [6.07, 6.45) is 9.61. The number of halogens is 2. The quantitative estimate of drug-likeness (QED) is 0.522. The highest BCUT2D eigenvalue weighted by molar-refractivity contribution is 5.88. The van der Waals surface area contributed by atoms with Crippen molar-refractivity contribution in [1.82, 2.24) is 24.8 Å². The van der Waals surface area contributed by atoms with Crippen molar-refractivity contribution in [3.8, 4) is 17.3 Å². The van der Waals surface area contributed by atoms with Gasteiger partial charge in [0.2, 0.25) is 5.88 Å². The van der Waals surface area contributed by atoms with Crippen LogP contribution in [0.3, 0.4) is 0 Å². The number of likely N-dealkylation sites (N-methyl/N-ethyl adjacent to an activating group) is 1. The molecule has 6 nitrogen and oxygen atoms in total. The SMILES string of the molecule is CN(C)CCOc1nc(-c2ccnc(C3=C(F)[CH]C(F)C=C3)c2)nc2cncc(C3CC3)c12. The minimum absolute atomic E-state index is 0.228. The molecule has 0 amide bonds. The largest absolute Gasteiger partial charge is 0.476 e. The molecule has 2 aliphatic rings. The molecule has 169 valence electrons. The molecule has 0 saturated heterocycles. The van der Waals surface area contributed by atoms with Crippen molar-refractivity contribution in [3.05, 3.63) is 66.4 Å². The van der Waals surface area contributed by atoms with E-state index in [0.29, 0.717) is 41.0 Å². The van der Waals surface area contributed by atoms with E-state index in [-0.39, 0.29) is 5.57 Å². The Morgan fingerprint density at radius 3 is 2.79 bits per heavy atom. The molecule has 5 rings (SSSR count). The van der Waals surface area contributed by atoms with Crippen molar-refractivity contribution in [2.75, 3.05) is 27.2 Å². The van der Waals surface area contributed by atoms with E-state index in [4.69, 9.17) is 14.7 Å². The zero-order valence-electron chi connectivity index (χ0n) is 18.5. The van der Waals surface area contributed by atoms with Gasteiger partial charge in [-0.25, -0.2) is 13.8 Å². The Kier molecular flexibility index (Phi) is 5.85. The molecule has 0 bridgehead atoms. The van der Waals surface area contributed by atoms with Gasteiger partial charge in [0, 0.05) is 30.1 Å². The predicted octanol–water partition coefficient (Wildman–Crippen LogP) is 4.70. The molecule has 8 heteroatoms. The highest BCUT2D eigenvalue weighted by Crippen LogP contribution is 2.44. The third kappa shape index (κ3) is 4.61. The van der Waals surface area contributed by atoms with Crippen molar-refractivity contribution in [1.29, 1.82) is 0 Å². The second kappa shape index (κ2) is 8.94. The zero-order chi connectivity index (χ0) is 22.9. The summed E-state index contributed by atoms with van der Waals surface area (Å²) in [7, 11) is 3.97. The summed E-state index contributed by atoms with van der Waals surface area (Å²) in [5.41, 5.74) is 3.09. The first-order chi connectivity index (χ1) is 16.0. The van der Waals surface area contributed by atoms with E-state index in [2.05, 4.69) is 9.97 Å². The highest BCUT2D eigenvalue weighted by Gasteiger charge is 2.28. The van der Waals surface area contributed by atoms with Gasteiger partial charge >= 0.3 is 0 Å². The Labute approximate surface area is 191 Å². The monoisotopic (exact) mass is 448 g/mol. The Hall–Kier alpha value is -3.26. The van der Waals surface area contributed by atoms with Gasteiger partial charge in [0.25, 0.3) is 0 Å². The lowest BCUT2D eigenvalue weighted by molar-refractivity contribution is 0.256. The smallest absolute Gasteiger partial charge is 0.225 e. The first kappa shape index (κ1) is 21.6. The lowest BCUT2D eigenvalue weighted by Crippen LogP contribution is -2.20. The van der Waals surface area contributed by atoms with Crippen molar-refractivity contribution in [3.63, 3.8) is 0 Å². The Bertz CT molecular complexity index is 1250. The fourth-order valence-corrected chi connectivity index (χ4v) is 3.81.